The molecule has 2 aliphatic carbocycles. The number of hydrogen-bond donors (Lipinski definition) is 2. The molecule has 0 saturated heterocycles. The van der Waals surface area contributed by atoms with E-state index in [-0.39, 0.29) is 11.8 Å². The molecule has 1 fully saturated rings. The second kappa shape index (κ2) is 7.62. The van der Waals surface area contributed by atoms with E-state index in [1.165, 1.54) is 36.1 Å². The van der Waals surface area contributed by atoms with Crippen molar-refractivity contribution in [2.24, 2.45) is 0 Å². The van der Waals surface area contributed by atoms with Crippen molar-refractivity contribution >= 4 is 28.8 Å². The molecule has 0 atom stereocenters. The summed E-state index contributed by atoms with van der Waals surface area (Å²) in [6.45, 7) is 0. The number of nitrogens with one attached hydrogen (secondary N) is 2. The second-order valence-electron chi connectivity index (χ2n) is 7.25. The van der Waals surface area contributed by atoms with Gasteiger partial charge in [-0.2, -0.15) is 0 Å². The molecular weight excluding hydrogens is 344 g/mol. The van der Waals surface area contributed by atoms with Gasteiger partial charge in [0.1, 0.15) is 0 Å². The average Bonchev–Trinajstić information content (AvgIpc) is 3.35. The lowest BCUT2D eigenvalue weighted by atomic mass is 10.00. The van der Waals surface area contributed by atoms with Crippen LogP contribution < -0.4 is 10.6 Å². The van der Waals surface area contributed by atoms with Crippen molar-refractivity contribution in [3.8, 4) is 0 Å². The molecule has 0 aliphatic heterocycles. The number of carbonyl (C=O) groups excluding carboxylic acids is 2. The van der Waals surface area contributed by atoms with Crippen LogP contribution in [0.5, 0.6) is 0 Å². The summed E-state index contributed by atoms with van der Waals surface area (Å²) >= 11 is 1.63. The molecule has 2 aromatic rings. The van der Waals surface area contributed by atoms with Crippen LogP contribution in [0.25, 0.3) is 0 Å². The number of benzene rings is 1. The molecule has 4 rings (SSSR count). The van der Waals surface area contributed by atoms with Crippen LogP contribution in [0.2, 0.25) is 0 Å². The Bertz CT molecular complexity index is 780. The van der Waals surface area contributed by atoms with Crippen molar-refractivity contribution in [3.05, 3.63) is 51.2 Å². The zero-order valence-corrected chi connectivity index (χ0v) is 15.7. The third-order valence-electron chi connectivity index (χ3n) is 5.04. The molecule has 0 unspecified atom stereocenters. The quantitative estimate of drug-likeness (QED) is 0.832. The molecule has 1 aromatic carbocycles. The molecule has 2 aliphatic rings. The lowest BCUT2D eigenvalue weighted by Crippen LogP contribution is -2.25. The van der Waals surface area contributed by atoms with Crippen LogP contribution in [0.4, 0.5) is 5.69 Å². The number of thiophene rings is 1. The molecule has 136 valence electrons. The maximum Gasteiger partial charge on any atom is 0.265 e. The first kappa shape index (κ1) is 17.3. The fourth-order valence-electron chi connectivity index (χ4n) is 3.35. The van der Waals surface area contributed by atoms with Gasteiger partial charge in [-0.05, 0) is 74.4 Å². The summed E-state index contributed by atoms with van der Waals surface area (Å²) in [5.74, 6) is -0.0969. The number of anilines is 1. The van der Waals surface area contributed by atoms with Crippen LogP contribution in [0, 0.1) is 0 Å². The predicted molar refractivity (Wildman–Crippen MR) is 105 cm³/mol. The Hall–Kier alpha value is -2.14. The van der Waals surface area contributed by atoms with Crippen LogP contribution in [0.1, 0.15) is 69.0 Å². The van der Waals surface area contributed by atoms with Crippen molar-refractivity contribution in [2.45, 2.75) is 57.4 Å². The van der Waals surface area contributed by atoms with Gasteiger partial charge < -0.3 is 10.6 Å². The number of rotatable bonds is 4. The number of hydrogen-bond acceptors (Lipinski definition) is 3. The fraction of sp³-hybridized carbons (Fsp3) is 0.429. The summed E-state index contributed by atoms with van der Waals surface area (Å²) in [4.78, 5) is 26.8. The van der Waals surface area contributed by atoms with Gasteiger partial charge in [-0.1, -0.05) is 12.8 Å². The molecule has 4 nitrogen and oxygen atoms in total. The zero-order valence-electron chi connectivity index (χ0n) is 14.8. The van der Waals surface area contributed by atoms with E-state index >= 15 is 0 Å². The highest BCUT2D eigenvalue weighted by Crippen LogP contribution is 2.29. The fourth-order valence-corrected chi connectivity index (χ4v) is 4.50. The minimum Gasteiger partial charge on any atom is -0.349 e. The maximum atomic E-state index is 12.6. The Kier molecular flexibility index (Phi) is 5.07. The van der Waals surface area contributed by atoms with Gasteiger partial charge in [-0.15, -0.1) is 11.3 Å². The molecule has 5 heteroatoms. The Morgan fingerprint density at radius 2 is 1.65 bits per heavy atom. The molecule has 26 heavy (non-hydrogen) atoms. The van der Waals surface area contributed by atoms with E-state index in [9.17, 15) is 9.59 Å². The van der Waals surface area contributed by atoms with Gasteiger partial charge in [0.2, 0.25) is 0 Å². The second-order valence-corrected chi connectivity index (χ2v) is 8.39. The highest BCUT2D eigenvalue weighted by Gasteiger charge is 2.23. The predicted octanol–water partition coefficient (Wildman–Crippen LogP) is 4.55. The van der Waals surface area contributed by atoms with Crippen LogP contribution in [0.15, 0.2) is 30.3 Å². The van der Waals surface area contributed by atoms with Gasteiger partial charge in [-0.3, -0.25) is 9.59 Å². The first-order valence-electron chi connectivity index (χ1n) is 9.53. The molecular formula is C21H24N2O2S. The number of carbonyl (C=O) groups is 2. The van der Waals surface area contributed by atoms with Gasteiger partial charge in [0.05, 0.1) is 4.88 Å². The van der Waals surface area contributed by atoms with E-state index in [0.29, 0.717) is 11.6 Å². The Balaban J connectivity index is 1.41. The van der Waals surface area contributed by atoms with Crippen LogP contribution in [0.3, 0.4) is 0 Å². The SMILES string of the molecule is O=C(NC1CC1)c1ccc(NC(=O)c2cc3c(s2)CCCCCC3)cc1. The Morgan fingerprint density at radius 3 is 2.38 bits per heavy atom. The van der Waals surface area contributed by atoms with Crippen LogP contribution >= 0.6 is 11.3 Å². The number of aryl methyl sites for hydroxylation is 2. The Labute approximate surface area is 158 Å². The highest BCUT2D eigenvalue weighted by molar-refractivity contribution is 7.14. The van der Waals surface area contributed by atoms with Gasteiger partial charge in [0, 0.05) is 22.2 Å². The maximum absolute atomic E-state index is 12.6. The van der Waals surface area contributed by atoms with Crippen molar-refractivity contribution in [2.75, 3.05) is 5.32 Å². The third kappa shape index (κ3) is 4.15. The van der Waals surface area contributed by atoms with E-state index in [1.807, 2.05) is 0 Å². The van der Waals surface area contributed by atoms with E-state index in [0.717, 1.165) is 36.2 Å². The van der Waals surface area contributed by atoms with E-state index in [1.54, 1.807) is 35.6 Å². The molecule has 0 bridgehead atoms. The van der Waals surface area contributed by atoms with Gasteiger partial charge >= 0.3 is 0 Å². The summed E-state index contributed by atoms with van der Waals surface area (Å²) < 4.78 is 0. The summed E-state index contributed by atoms with van der Waals surface area (Å²) in [5.41, 5.74) is 2.71. The summed E-state index contributed by atoms with van der Waals surface area (Å²) in [6, 6.07) is 9.53. The number of amides is 2. The lowest BCUT2D eigenvalue weighted by Gasteiger charge is -2.07. The van der Waals surface area contributed by atoms with Gasteiger partial charge in [0.25, 0.3) is 11.8 Å². The number of fused-ring (bicyclic) bond motifs is 1. The third-order valence-corrected chi connectivity index (χ3v) is 6.27. The summed E-state index contributed by atoms with van der Waals surface area (Å²) in [6.07, 6.45) is 9.35. The average molecular weight is 369 g/mol. The largest absolute Gasteiger partial charge is 0.349 e. The van der Waals surface area contributed by atoms with E-state index < -0.39 is 0 Å². The molecule has 0 radical (unpaired) electrons. The topological polar surface area (TPSA) is 58.2 Å². The van der Waals surface area contributed by atoms with Gasteiger partial charge in [-0.25, -0.2) is 0 Å². The summed E-state index contributed by atoms with van der Waals surface area (Å²) in [7, 11) is 0. The van der Waals surface area contributed by atoms with Crippen molar-refractivity contribution in [1.29, 1.82) is 0 Å². The molecule has 1 heterocycles. The van der Waals surface area contributed by atoms with Crippen molar-refractivity contribution in [3.63, 3.8) is 0 Å². The first-order chi connectivity index (χ1) is 12.7. The standard InChI is InChI=1S/C21H24N2O2S/c24-20(22-17-11-12-17)14-7-9-16(10-8-14)23-21(25)19-13-15-5-3-1-2-4-6-18(15)26-19/h7-10,13,17H,1-6,11-12H2,(H,22,24)(H,23,25). The van der Waals surface area contributed by atoms with E-state index in [2.05, 4.69) is 16.7 Å². The van der Waals surface area contributed by atoms with Gasteiger partial charge in [0.15, 0.2) is 0 Å². The smallest absolute Gasteiger partial charge is 0.265 e. The molecule has 1 aromatic heterocycles. The minimum absolute atomic E-state index is 0.0385. The van der Waals surface area contributed by atoms with Crippen molar-refractivity contribution in [1.82, 2.24) is 5.32 Å². The summed E-state index contributed by atoms with van der Waals surface area (Å²) in [5, 5.41) is 5.93. The van der Waals surface area contributed by atoms with Crippen molar-refractivity contribution < 1.29 is 9.59 Å². The molecule has 0 spiro atoms. The monoisotopic (exact) mass is 368 g/mol. The molecule has 2 amide bonds. The lowest BCUT2D eigenvalue weighted by molar-refractivity contribution is 0.0950. The molecule has 1 saturated carbocycles. The minimum atomic E-state index is -0.0584. The van der Waals surface area contributed by atoms with Crippen LogP contribution in [-0.2, 0) is 12.8 Å². The first-order valence-corrected chi connectivity index (χ1v) is 10.3. The zero-order chi connectivity index (χ0) is 17.9. The highest BCUT2D eigenvalue weighted by atomic mass is 32.1. The normalized spacial score (nSPS) is 16.9. The Morgan fingerprint density at radius 1 is 0.923 bits per heavy atom. The van der Waals surface area contributed by atoms with Crippen LogP contribution in [-0.4, -0.2) is 17.9 Å². The van der Waals surface area contributed by atoms with E-state index in [4.69, 9.17) is 0 Å². The molecule has 2 N–H and O–H groups in total.